The highest BCUT2D eigenvalue weighted by molar-refractivity contribution is 5.98. The van der Waals surface area contributed by atoms with E-state index >= 15 is 0 Å². The van der Waals surface area contributed by atoms with Crippen molar-refractivity contribution in [2.75, 3.05) is 6.61 Å². The zero-order valence-electron chi connectivity index (χ0n) is 8.34. The van der Waals surface area contributed by atoms with Gasteiger partial charge in [0.25, 0.3) is 0 Å². The third kappa shape index (κ3) is 1.59. The van der Waals surface area contributed by atoms with Gasteiger partial charge in [0, 0.05) is 12.8 Å². The van der Waals surface area contributed by atoms with Gasteiger partial charge in [-0.05, 0) is 31.3 Å². The molecular weight excluding hydrogens is 180 g/mol. The number of hydrogen-bond donors (Lipinski definition) is 0. The molecule has 0 aromatic rings. The minimum Gasteiger partial charge on any atom is -0.490 e. The van der Waals surface area contributed by atoms with Crippen molar-refractivity contribution in [1.29, 1.82) is 0 Å². The first-order chi connectivity index (χ1) is 6.68. The van der Waals surface area contributed by atoms with Gasteiger partial charge in [-0.25, -0.2) is 0 Å². The molecule has 0 aromatic carbocycles. The quantitative estimate of drug-likeness (QED) is 0.670. The zero-order chi connectivity index (χ0) is 10.1. The van der Waals surface area contributed by atoms with E-state index in [1.807, 2.05) is 0 Å². The largest absolute Gasteiger partial charge is 0.490 e. The van der Waals surface area contributed by atoms with Gasteiger partial charge in [0.15, 0.2) is 11.5 Å². The van der Waals surface area contributed by atoms with E-state index in [9.17, 15) is 9.59 Å². The van der Waals surface area contributed by atoms with Gasteiger partial charge >= 0.3 is 0 Å². The summed E-state index contributed by atoms with van der Waals surface area (Å²) in [5, 5.41) is 0. The lowest BCUT2D eigenvalue weighted by Gasteiger charge is -2.17. The molecule has 0 aromatic heterocycles. The minimum absolute atomic E-state index is 0.0888. The van der Waals surface area contributed by atoms with Crippen LogP contribution in [0.4, 0.5) is 0 Å². The van der Waals surface area contributed by atoms with Crippen LogP contribution in [0.2, 0.25) is 0 Å². The Morgan fingerprint density at radius 1 is 1.57 bits per heavy atom. The van der Waals surface area contributed by atoms with Gasteiger partial charge in [-0.2, -0.15) is 0 Å². The summed E-state index contributed by atoms with van der Waals surface area (Å²) in [6.45, 7) is 2.23. The molecule has 76 valence electrons. The molecule has 1 unspecified atom stereocenters. The molecule has 3 heteroatoms. The van der Waals surface area contributed by atoms with Crippen LogP contribution in [0.25, 0.3) is 0 Å². The van der Waals surface area contributed by atoms with Crippen LogP contribution in [0, 0.1) is 5.92 Å². The standard InChI is InChI=1S/C11H14O3/c1-7(12)5-8-6-10(13)11-9(8)3-2-4-14-11/h8H,2-6H2,1H3. The number of rotatable bonds is 2. The molecule has 0 saturated heterocycles. The van der Waals surface area contributed by atoms with Crippen molar-refractivity contribution in [2.24, 2.45) is 5.92 Å². The highest BCUT2D eigenvalue weighted by atomic mass is 16.5. The van der Waals surface area contributed by atoms with E-state index in [1.54, 1.807) is 6.92 Å². The fraction of sp³-hybridized carbons (Fsp3) is 0.636. The van der Waals surface area contributed by atoms with Crippen LogP contribution in [-0.4, -0.2) is 18.2 Å². The highest BCUT2D eigenvalue weighted by Gasteiger charge is 2.35. The third-order valence-corrected chi connectivity index (χ3v) is 2.84. The molecule has 0 saturated carbocycles. The molecule has 0 bridgehead atoms. The smallest absolute Gasteiger partial charge is 0.197 e. The maximum absolute atomic E-state index is 11.5. The van der Waals surface area contributed by atoms with Gasteiger partial charge < -0.3 is 9.53 Å². The molecule has 0 amide bonds. The maximum Gasteiger partial charge on any atom is 0.197 e. The van der Waals surface area contributed by atoms with Crippen LogP contribution >= 0.6 is 0 Å². The van der Waals surface area contributed by atoms with Gasteiger partial charge in [0.05, 0.1) is 6.61 Å². The molecular formula is C11H14O3. The topological polar surface area (TPSA) is 43.4 Å². The Labute approximate surface area is 83.1 Å². The number of ether oxygens (including phenoxy) is 1. The van der Waals surface area contributed by atoms with Crippen molar-refractivity contribution < 1.29 is 14.3 Å². The van der Waals surface area contributed by atoms with Crippen molar-refractivity contribution in [3.05, 3.63) is 11.3 Å². The normalized spacial score (nSPS) is 26.1. The molecule has 1 aliphatic heterocycles. The number of hydrogen-bond acceptors (Lipinski definition) is 3. The molecule has 0 N–H and O–H groups in total. The summed E-state index contributed by atoms with van der Waals surface area (Å²) in [5.74, 6) is 0.950. The molecule has 1 aliphatic carbocycles. The van der Waals surface area contributed by atoms with Crippen molar-refractivity contribution in [3.8, 4) is 0 Å². The number of carbonyl (C=O) groups is 2. The van der Waals surface area contributed by atoms with Crippen molar-refractivity contribution in [3.63, 3.8) is 0 Å². The molecule has 0 fully saturated rings. The summed E-state index contributed by atoms with van der Waals surface area (Å²) in [5.41, 5.74) is 1.09. The van der Waals surface area contributed by atoms with E-state index in [0.29, 0.717) is 25.2 Å². The van der Waals surface area contributed by atoms with Gasteiger partial charge in [0.2, 0.25) is 0 Å². The number of carbonyl (C=O) groups excluding carboxylic acids is 2. The Bertz CT molecular complexity index is 314. The van der Waals surface area contributed by atoms with Crippen LogP contribution in [0.1, 0.15) is 32.6 Å². The predicted octanol–water partition coefficient (Wildman–Crippen LogP) is 1.62. The van der Waals surface area contributed by atoms with Gasteiger partial charge in [-0.1, -0.05) is 0 Å². The molecule has 3 nitrogen and oxygen atoms in total. The maximum atomic E-state index is 11.5. The minimum atomic E-state index is 0.0888. The molecule has 0 spiro atoms. The van der Waals surface area contributed by atoms with Crippen molar-refractivity contribution >= 4 is 11.6 Å². The first-order valence-electron chi connectivity index (χ1n) is 5.07. The fourth-order valence-corrected chi connectivity index (χ4v) is 2.27. The summed E-state index contributed by atoms with van der Waals surface area (Å²) >= 11 is 0. The third-order valence-electron chi connectivity index (χ3n) is 2.84. The fourth-order valence-electron chi connectivity index (χ4n) is 2.27. The molecule has 1 atom stereocenters. The van der Waals surface area contributed by atoms with Crippen LogP contribution in [0.5, 0.6) is 0 Å². The molecule has 2 rings (SSSR count). The Kier molecular flexibility index (Phi) is 2.40. The SMILES string of the molecule is CC(=O)CC1CC(=O)C2=C1CCCO2. The van der Waals surface area contributed by atoms with E-state index in [2.05, 4.69) is 0 Å². The second kappa shape index (κ2) is 3.56. The Hall–Kier alpha value is -1.12. The second-order valence-corrected chi connectivity index (χ2v) is 4.04. The van der Waals surface area contributed by atoms with Crippen LogP contribution < -0.4 is 0 Å². The lowest BCUT2D eigenvalue weighted by molar-refractivity contribution is -0.119. The Morgan fingerprint density at radius 2 is 2.36 bits per heavy atom. The number of ketones is 2. The summed E-state index contributed by atoms with van der Waals surface area (Å²) in [6, 6.07) is 0. The first kappa shape index (κ1) is 9.44. The summed E-state index contributed by atoms with van der Waals surface area (Å²) in [7, 11) is 0. The van der Waals surface area contributed by atoms with Crippen LogP contribution in [-0.2, 0) is 14.3 Å². The Balaban J connectivity index is 2.18. The zero-order valence-corrected chi connectivity index (χ0v) is 8.34. The van der Waals surface area contributed by atoms with Gasteiger partial charge in [-0.15, -0.1) is 0 Å². The lowest BCUT2D eigenvalue weighted by atomic mass is 9.92. The van der Waals surface area contributed by atoms with Crippen LogP contribution in [0.15, 0.2) is 11.3 Å². The van der Waals surface area contributed by atoms with E-state index < -0.39 is 0 Å². The average Bonchev–Trinajstić information content (AvgIpc) is 2.44. The van der Waals surface area contributed by atoms with Gasteiger partial charge in [-0.3, -0.25) is 4.79 Å². The summed E-state index contributed by atoms with van der Waals surface area (Å²) < 4.78 is 5.34. The molecule has 0 radical (unpaired) electrons. The summed E-state index contributed by atoms with van der Waals surface area (Å²) in [6.07, 6.45) is 2.87. The Morgan fingerprint density at radius 3 is 3.07 bits per heavy atom. The molecule has 14 heavy (non-hydrogen) atoms. The molecule has 2 aliphatic rings. The average molecular weight is 194 g/mol. The predicted molar refractivity (Wildman–Crippen MR) is 50.6 cm³/mol. The summed E-state index contributed by atoms with van der Waals surface area (Å²) in [4.78, 5) is 22.5. The molecule has 1 heterocycles. The van der Waals surface area contributed by atoms with Crippen LogP contribution in [0.3, 0.4) is 0 Å². The second-order valence-electron chi connectivity index (χ2n) is 4.04. The monoisotopic (exact) mass is 194 g/mol. The number of Topliss-reactive ketones (excluding diaryl/α,β-unsaturated/α-hetero) is 2. The highest BCUT2D eigenvalue weighted by Crippen LogP contribution is 2.37. The van der Waals surface area contributed by atoms with E-state index in [4.69, 9.17) is 4.74 Å². The van der Waals surface area contributed by atoms with Crippen molar-refractivity contribution in [2.45, 2.75) is 32.6 Å². The van der Waals surface area contributed by atoms with E-state index in [0.717, 1.165) is 18.4 Å². The van der Waals surface area contributed by atoms with E-state index in [1.165, 1.54) is 0 Å². The lowest BCUT2D eigenvalue weighted by Crippen LogP contribution is -2.10. The number of allylic oxidation sites excluding steroid dienone is 2. The van der Waals surface area contributed by atoms with Crippen molar-refractivity contribution in [1.82, 2.24) is 0 Å². The van der Waals surface area contributed by atoms with E-state index in [-0.39, 0.29) is 17.5 Å². The first-order valence-corrected chi connectivity index (χ1v) is 5.07. The van der Waals surface area contributed by atoms with Gasteiger partial charge in [0.1, 0.15) is 5.78 Å².